The molecule has 1 aliphatic carbocycles. The number of aldehydes is 1. The highest BCUT2D eigenvalue weighted by atomic mass is 16.3. The van der Waals surface area contributed by atoms with Crippen LogP contribution in [0.25, 0.3) is 0 Å². The van der Waals surface area contributed by atoms with Crippen LogP contribution < -0.4 is 0 Å². The van der Waals surface area contributed by atoms with Crippen LogP contribution in [0.4, 0.5) is 0 Å². The lowest BCUT2D eigenvalue weighted by Crippen LogP contribution is -2.31. The maximum absolute atomic E-state index is 10.3. The zero-order chi connectivity index (χ0) is 7.61. The molecule has 1 fully saturated rings. The topological polar surface area (TPSA) is 61.1 Å². The Kier molecular flexibility index (Phi) is 1.73. The third kappa shape index (κ3) is 0.910. The Labute approximate surface area is 59.3 Å². The van der Waals surface area contributed by atoms with Crippen molar-refractivity contribution < 1.29 is 9.90 Å². The summed E-state index contributed by atoms with van der Waals surface area (Å²) in [6, 6.07) is 1.77. The Balaban J connectivity index is 2.77. The van der Waals surface area contributed by atoms with E-state index in [0.717, 1.165) is 6.42 Å². The number of hydrogen-bond acceptors (Lipinski definition) is 3. The van der Waals surface area contributed by atoms with Gasteiger partial charge in [-0.15, -0.1) is 0 Å². The normalized spacial score (nSPS) is 39.0. The Hall–Kier alpha value is -0.880. The van der Waals surface area contributed by atoms with Crippen LogP contribution in [0.15, 0.2) is 0 Å². The molecule has 0 aromatic carbocycles. The number of nitrogens with zero attached hydrogens (tertiary/aromatic N) is 1. The van der Waals surface area contributed by atoms with Crippen molar-refractivity contribution in [3.63, 3.8) is 0 Å². The average Bonchev–Trinajstić information content (AvgIpc) is 2.32. The molecule has 0 spiro atoms. The van der Waals surface area contributed by atoms with E-state index in [9.17, 15) is 9.90 Å². The molecule has 2 atom stereocenters. The first kappa shape index (κ1) is 7.23. The lowest BCUT2D eigenvalue weighted by atomic mass is 9.94. The summed E-state index contributed by atoms with van der Waals surface area (Å²) in [6.07, 6.45) is 2.53. The van der Waals surface area contributed by atoms with E-state index < -0.39 is 11.5 Å². The second-order valence-corrected chi connectivity index (χ2v) is 2.67. The fraction of sp³-hybridized carbons (Fsp3) is 0.714. The van der Waals surface area contributed by atoms with Gasteiger partial charge in [0.1, 0.15) is 6.29 Å². The molecule has 0 aromatic rings. The van der Waals surface area contributed by atoms with E-state index in [1.807, 2.05) is 0 Å². The van der Waals surface area contributed by atoms with Crippen molar-refractivity contribution in [3.8, 4) is 6.07 Å². The van der Waals surface area contributed by atoms with E-state index in [1.165, 1.54) is 0 Å². The highest BCUT2D eigenvalue weighted by molar-refractivity contribution is 5.57. The molecule has 0 heterocycles. The van der Waals surface area contributed by atoms with Crippen LogP contribution >= 0.6 is 0 Å². The summed E-state index contributed by atoms with van der Waals surface area (Å²) in [6.45, 7) is 0. The smallest absolute Gasteiger partial charge is 0.160 e. The first-order valence-corrected chi connectivity index (χ1v) is 3.32. The number of rotatable bonds is 1. The molecular formula is C7H9NO2. The summed E-state index contributed by atoms with van der Waals surface area (Å²) >= 11 is 0. The number of carbonyl (C=O) groups is 1. The first-order valence-electron chi connectivity index (χ1n) is 3.32. The molecular weight excluding hydrogens is 130 g/mol. The van der Waals surface area contributed by atoms with E-state index in [0.29, 0.717) is 19.1 Å². The minimum absolute atomic E-state index is 0.437. The van der Waals surface area contributed by atoms with E-state index >= 15 is 0 Å². The Morgan fingerprint density at radius 1 is 1.80 bits per heavy atom. The van der Waals surface area contributed by atoms with Crippen molar-refractivity contribution in [1.82, 2.24) is 0 Å². The molecule has 3 nitrogen and oxygen atoms in total. The number of nitriles is 1. The van der Waals surface area contributed by atoms with E-state index in [-0.39, 0.29) is 0 Å². The molecule has 1 rings (SSSR count). The van der Waals surface area contributed by atoms with Crippen LogP contribution in [-0.2, 0) is 4.79 Å². The quantitative estimate of drug-likeness (QED) is 0.418. The van der Waals surface area contributed by atoms with Gasteiger partial charge < -0.3 is 9.90 Å². The molecule has 1 N–H and O–H groups in total. The highest BCUT2D eigenvalue weighted by Gasteiger charge is 2.41. The summed E-state index contributed by atoms with van der Waals surface area (Å²) in [4.78, 5) is 10.3. The van der Waals surface area contributed by atoms with Crippen molar-refractivity contribution in [2.75, 3.05) is 0 Å². The van der Waals surface area contributed by atoms with Crippen molar-refractivity contribution in [2.45, 2.75) is 24.9 Å². The number of carbonyl (C=O) groups excluding carboxylic acids is 1. The molecule has 0 aliphatic heterocycles. The fourth-order valence-corrected chi connectivity index (χ4v) is 1.34. The third-order valence-corrected chi connectivity index (χ3v) is 2.04. The highest BCUT2D eigenvalue weighted by Crippen LogP contribution is 2.33. The molecule has 0 bridgehead atoms. The fourth-order valence-electron chi connectivity index (χ4n) is 1.34. The van der Waals surface area contributed by atoms with Gasteiger partial charge in [-0.25, -0.2) is 0 Å². The minimum atomic E-state index is -1.36. The predicted molar refractivity (Wildman–Crippen MR) is 34.0 cm³/mol. The third-order valence-electron chi connectivity index (χ3n) is 2.04. The van der Waals surface area contributed by atoms with Gasteiger partial charge in [-0.2, -0.15) is 5.26 Å². The molecule has 10 heavy (non-hydrogen) atoms. The predicted octanol–water partition coefficient (Wildman–Crippen LogP) is 0.240. The second-order valence-electron chi connectivity index (χ2n) is 2.67. The Bertz CT molecular complexity index is 185. The zero-order valence-electron chi connectivity index (χ0n) is 5.58. The van der Waals surface area contributed by atoms with Crippen molar-refractivity contribution in [3.05, 3.63) is 0 Å². The maximum Gasteiger partial charge on any atom is 0.160 e. The Morgan fingerprint density at radius 2 is 2.50 bits per heavy atom. The summed E-state index contributed by atoms with van der Waals surface area (Å²) in [5.74, 6) is -0.461. The van der Waals surface area contributed by atoms with Crippen LogP contribution in [-0.4, -0.2) is 17.0 Å². The molecule has 0 saturated heterocycles. The largest absolute Gasteiger partial charge is 0.375 e. The van der Waals surface area contributed by atoms with Crippen LogP contribution in [0, 0.1) is 17.2 Å². The van der Waals surface area contributed by atoms with Crippen LogP contribution in [0.5, 0.6) is 0 Å². The maximum atomic E-state index is 10.3. The van der Waals surface area contributed by atoms with Gasteiger partial charge in [0.15, 0.2) is 5.60 Å². The zero-order valence-corrected chi connectivity index (χ0v) is 5.58. The summed E-state index contributed by atoms with van der Waals surface area (Å²) < 4.78 is 0. The average molecular weight is 139 g/mol. The van der Waals surface area contributed by atoms with Gasteiger partial charge in [0.2, 0.25) is 0 Å². The lowest BCUT2D eigenvalue weighted by molar-refractivity contribution is -0.115. The van der Waals surface area contributed by atoms with Crippen LogP contribution in [0.2, 0.25) is 0 Å². The summed E-state index contributed by atoms with van der Waals surface area (Å²) in [5.41, 5.74) is -1.36. The number of hydrogen-bond donors (Lipinski definition) is 1. The second kappa shape index (κ2) is 2.39. The van der Waals surface area contributed by atoms with Crippen LogP contribution in [0.3, 0.4) is 0 Å². The van der Waals surface area contributed by atoms with Crippen LogP contribution in [0.1, 0.15) is 19.3 Å². The monoisotopic (exact) mass is 139 g/mol. The standard InChI is InChI=1S/C7H9NO2/c8-5-7(10)3-1-2-6(7)4-9/h4,6,10H,1-3H2. The molecule has 0 amide bonds. The van der Waals surface area contributed by atoms with Gasteiger partial charge in [0.25, 0.3) is 0 Å². The van der Waals surface area contributed by atoms with Gasteiger partial charge in [-0.1, -0.05) is 0 Å². The van der Waals surface area contributed by atoms with Gasteiger partial charge in [0.05, 0.1) is 12.0 Å². The molecule has 0 aromatic heterocycles. The molecule has 54 valence electrons. The van der Waals surface area contributed by atoms with Gasteiger partial charge in [-0.05, 0) is 19.3 Å². The lowest BCUT2D eigenvalue weighted by Gasteiger charge is -2.16. The molecule has 3 heteroatoms. The molecule has 1 saturated carbocycles. The van der Waals surface area contributed by atoms with Gasteiger partial charge in [0, 0.05) is 0 Å². The van der Waals surface area contributed by atoms with Gasteiger partial charge >= 0.3 is 0 Å². The molecule has 0 radical (unpaired) electrons. The molecule has 1 aliphatic rings. The number of aliphatic hydroxyl groups is 1. The van der Waals surface area contributed by atoms with E-state index in [2.05, 4.69) is 0 Å². The summed E-state index contributed by atoms with van der Waals surface area (Å²) in [7, 11) is 0. The van der Waals surface area contributed by atoms with Crippen molar-refractivity contribution >= 4 is 6.29 Å². The molecule has 2 unspecified atom stereocenters. The van der Waals surface area contributed by atoms with Crippen molar-refractivity contribution in [1.29, 1.82) is 5.26 Å². The first-order chi connectivity index (χ1) is 4.73. The minimum Gasteiger partial charge on any atom is -0.375 e. The van der Waals surface area contributed by atoms with Gasteiger partial charge in [-0.3, -0.25) is 0 Å². The van der Waals surface area contributed by atoms with E-state index in [4.69, 9.17) is 5.26 Å². The summed E-state index contributed by atoms with van der Waals surface area (Å²) in [5, 5.41) is 17.8. The Morgan fingerprint density at radius 3 is 2.90 bits per heavy atom. The SMILES string of the molecule is N#CC1(O)CCCC1C=O. The van der Waals surface area contributed by atoms with E-state index in [1.54, 1.807) is 6.07 Å². The van der Waals surface area contributed by atoms with Crippen molar-refractivity contribution in [2.24, 2.45) is 5.92 Å².